The van der Waals surface area contributed by atoms with Gasteiger partial charge in [0.05, 0.1) is 5.39 Å². The zero-order chi connectivity index (χ0) is 17.9. The van der Waals surface area contributed by atoms with E-state index in [4.69, 9.17) is 4.98 Å². The second-order valence-corrected chi connectivity index (χ2v) is 8.57. The van der Waals surface area contributed by atoms with E-state index in [1.54, 1.807) is 6.33 Å². The maximum atomic E-state index is 4.78. The third-order valence-corrected chi connectivity index (χ3v) is 6.56. The number of rotatable bonds is 6. The Morgan fingerprint density at radius 2 is 2.04 bits per heavy atom. The lowest BCUT2D eigenvalue weighted by Crippen LogP contribution is -2.25. The predicted octanol–water partition coefficient (Wildman–Crippen LogP) is 5.62. The molecule has 0 aliphatic heterocycles. The molecule has 136 valence electrons. The lowest BCUT2D eigenvalue weighted by Gasteiger charge is -2.26. The average Bonchev–Trinajstić information content (AvgIpc) is 3.04. The SMILES string of the molecule is CCCCN(Cc1ccccc1)c1ncnc2sc3c(c12)CC(C)CC3. The lowest BCUT2D eigenvalue weighted by atomic mass is 9.88. The molecule has 4 rings (SSSR count). The van der Waals surface area contributed by atoms with Crippen LogP contribution in [0.1, 0.15) is 49.1 Å². The number of hydrogen-bond acceptors (Lipinski definition) is 4. The van der Waals surface area contributed by atoms with Gasteiger partial charge in [0.15, 0.2) is 0 Å². The second-order valence-electron chi connectivity index (χ2n) is 7.49. The first kappa shape index (κ1) is 17.5. The van der Waals surface area contributed by atoms with Gasteiger partial charge in [-0.15, -0.1) is 11.3 Å². The van der Waals surface area contributed by atoms with E-state index >= 15 is 0 Å². The molecule has 0 radical (unpaired) electrons. The summed E-state index contributed by atoms with van der Waals surface area (Å²) in [6, 6.07) is 10.7. The van der Waals surface area contributed by atoms with Crippen molar-refractivity contribution in [3.8, 4) is 0 Å². The van der Waals surface area contributed by atoms with Crippen LogP contribution in [0.5, 0.6) is 0 Å². The van der Waals surface area contributed by atoms with Gasteiger partial charge in [-0.05, 0) is 42.7 Å². The fourth-order valence-corrected chi connectivity index (χ4v) is 5.10. The van der Waals surface area contributed by atoms with Crippen molar-refractivity contribution in [2.24, 2.45) is 5.92 Å². The summed E-state index contributed by atoms with van der Waals surface area (Å²) in [6.45, 7) is 6.57. The van der Waals surface area contributed by atoms with Crippen molar-refractivity contribution in [1.29, 1.82) is 0 Å². The van der Waals surface area contributed by atoms with Crippen molar-refractivity contribution in [2.75, 3.05) is 11.4 Å². The van der Waals surface area contributed by atoms with Crippen LogP contribution in [0, 0.1) is 5.92 Å². The number of unbranched alkanes of at least 4 members (excludes halogenated alkanes) is 1. The van der Waals surface area contributed by atoms with Gasteiger partial charge in [0.1, 0.15) is 17.0 Å². The van der Waals surface area contributed by atoms with Crippen LogP contribution in [0.2, 0.25) is 0 Å². The van der Waals surface area contributed by atoms with Crippen LogP contribution in [-0.4, -0.2) is 16.5 Å². The highest BCUT2D eigenvalue weighted by Crippen LogP contribution is 2.40. The van der Waals surface area contributed by atoms with Crippen molar-refractivity contribution in [3.05, 3.63) is 52.7 Å². The van der Waals surface area contributed by atoms with Crippen LogP contribution >= 0.6 is 11.3 Å². The number of aromatic nitrogens is 2. The first-order valence-electron chi connectivity index (χ1n) is 9.80. The molecule has 0 saturated heterocycles. The molecule has 1 atom stereocenters. The lowest BCUT2D eigenvalue weighted by molar-refractivity contribution is 0.508. The molecule has 0 spiro atoms. The molecular weight excluding hydrogens is 338 g/mol. The number of benzene rings is 1. The number of thiophene rings is 1. The normalized spacial score (nSPS) is 16.6. The molecule has 0 fully saturated rings. The van der Waals surface area contributed by atoms with Crippen LogP contribution in [-0.2, 0) is 19.4 Å². The van der Waals surface area contributed by atoms with Crippen molar-refractivity contribution < 1.29 is 0 Å². The Balaban J connectivity index is 1.77. The van der Waals surface area contributed by atoms with E-state index in [1.807, 2.05) is 11.3 Å². The quantitative estimate of drug-likeness (QED) is 0.567. The molecule has 0 amide bonds. The molecule has 1 aliphatic carbocycles. The fourth-order valence-electron chi connectivity index (χ4n) is 3.92. The first-order chi connectivity index (χ1) is 12.8. The number of aryl methyl sites for hydroxylation is 1. The highest BCUT2D eigenvalue weighted by atomic mass is 32.1. The van der Waals surface area contributed by atoms with E-state index in [-0.39, 0.29) is 0 Å². The molecule has 3 aromatic rings. The van der Waals surface area contributed by atoms with E-state index in [0.29, 0.717) is 0 Å². The largest absolute Gasteiger partial charge is 0.352 e. The van der Waals surface area contributed by atoms with E-state index in [2.05, 4.69) is 54.1 Å². The zero-order valence-corrected chi connectivity index (χ0v) is 16.6. The Labute approximate surface area is 160 Å². The van der Waals surface area contributed by atoms with E-state index < -0.39 is 0 Å². The molecule has 3 nitrogen and oxygen atoms in total. The average molecular weight is 366 g/mol. The van der Waals surface area contributed by atoms with Gasteiger partial charge in [0, 0.05) is 18.0 Å². The van der Waals surface area contributed by atoms with Crippen molar-refractivity contribution in [3.63, 3.8) is 0 Å². The number of anilines is 1. The smallest absolute Gasteiger partial charge is 0.141 e. The van der Waals surface area contributed by atoms with Crippen molar-refractivity contribution in [1.82, 2.24) is 9.97 Å². The minimum Gasteiger partial charge on any atom is -0.352 e. The molecule has 1 aliphatic rings. The van der Waals surface area contributed by atoms with Crippen LogP contribution in [0.3, 0.4) is 0 Å². The van der Waals surface area contributed by atoms with E-state index in [1.165, 1.54) is 58.3 Å². The van der Waals surface area contributed by atoms with Gasteiger partial charge < -0.3 is 4.90 Å². The Morgan fingerprint density at radius 3 is 2.85 bits per heavy atom. The van der Waals surface area contributed by atoms with Gasteiger partial charge in [0.25, 0.3) is 0 Å². The monoisotopic (exact) mass is 365 g/mol. The highest BCUT2D eigenvalue weighted by Gasteiger charge is 2.25. The summed E-state index contributed by atoms with van der Waals surface area (Å²) in [5.74, 6) is 1.89. The molecule has 0 bridgehead atoms. The molecule has 1 aromatic carbocycles. The van der Waals surface area contributed by atoms with Gasteiger partial charge in [-0.1, -0.05) is 50.6 Å². The number of hydrogen-bond donors (Lipinski definition) is 0. The van der Waals surface area contributed by atoms with Crippen molar-refractivity contribution in [2.45, 2.75) is 52.5 Å². The summed E-state index contributed by atoms with van der Waals surface area (Å²) >= 11 is 1.89. The topological polar surface area (TPSA) is 29.0 Å². The molecule has 1 unspecified atom stereocenters. The van der Waals surface area contributed by atoms with Gasteiger partial charge in [0.2, 0.25) is 0 Å². The van der Waals surface area contributed by atoms with Crippen LogP contribution in [0.25, 0.3) is 10.2 Å². The maximum absolute atomic E-state index is 4.78. The summed E-state index contributed by atoms with van der Waals surface area (Å²) < 4.78 is 0. The third kappa shape index (κ3) is 3.48. The second kappa shape index (κ2) is 7.75. The van der Waals surface area contributed by atoms with E-state index in [0.717, 1.165) is 24.8 Å². The summed E-state index contributed by atoms with van der Waals surface area (Å²) in [5, 5.41) is 1.33. The fraction of sp³-hybridized carbons (Fsp3) is 0.455. The number of fused-ring (bicyclic) bond motifs is 3. The van der Waals surface area contributed by atoms with Crippen LogP contribution < -0.4 is 4.90 Å². The molecule has 0 saturated carbocycles. The summed E-state index contributed by atoms with van der Waals surface area (Å²) in [5.41, 5.74) is 2.86. The number of nitrogens with zero attached hydrogens (tertiary/aromatic N) is 3. The van der Waals surface area contributed by atoms with Gasteiger partial charge >= 0.3 is 0 Å². The van der Waals surface area contributed by atoms with Gasteiger partial charge in [-0.2, -0.15) is 0 Å². The maximum Gasteiger partial charge on any atom is 0.141 e. The summed E-state index contributed by atoms with van der Waals surface area (Å²) in [7, 11) is 0. The molecule has 4 heteroatoms. The van der Waals surface area contributed by atoms with Crippen LogP contribution in [0.15, 0.2) is 36.7 Å². The highest BCUT2D eigenvalue weighted by molar-refractivity contribution is 7.19. The molecule has 0 N–H and O–H groups in total. The first-order valence-corrected chi connectivity index (χ1v) is 10.6. The van der Waals surface area contributed by atoms with Crippen LogP contribution in [0.4, 0.5) is 5.82 Å². The molecule has 26 heavy (non-hydrogen) atoms. The Hall–Kier alpha value is -1.94. The summed E-state index contributed by atoms with van der Waals surface area (Å²) in [6.07, 6.45) is 7.80. The third-order valence-electron chi connectivity index (χ3n) is 5.36. The minimum absolute atomic E-state index is 0.756. The Bertz CT molecular complexity index is 872. The molecule has 2 aromatic heterocycles. The standard InChI is InChI=1S/C22H27N3S/c1-3-4-12-25(14-17-8-6-5-7-9-17)21-20-18-13-16(2)10-11-19(18)26-22(20)24-15-23-21/h5-9,15-16H,3-4,10-14H2,1-2H3. The summed E-state index contributed by atoms with van der Waals surface area (Å²) in [4.78, 5) is 14.6. The minimum atomic E-state index is 0.756. The van der Waals surface area contributed by atoms with E-state index in [9.17, 15) is 0 Å². The Morgan fingerprint density at radius 1 is 1.19 bits per heavy atom. The zero-order valence-electron chi connectivity index (χ0n) is 15.7. The van der Waals surface area contributed by atoms with Gasteiger partial charge in [-0.25, -0.2) is 9.97 Å². The Kier molecular flexibility index (Phi) is 5.21. The molecule has 2 heterocycles. The van der Waals surface area contributed by atoms with Crippen molar-refractivity contribution >= 4 is 27.4 Å². The van der Waals surface area contributed by atoms with Gasteiger partial charge in [-0.3, -0.25) is 0 Å². The molecular formula is C22H27N3S. The predicted molar refractivity (Wildman–Crippen MR) is 111 cm³/mol.